The second kappa shape index (κ2) is 4.49. The fourth-order valence-electron chi connectivity index (χ4n) is 2.41. The maximum absolute atomic E-state index is 11.7. The number of nitrogens with one attached hydrogen (secondary N) is 1. The van der Waals surface area contributed by atoms with Crippen LogP contribution in [0.5, 0.6) is 0 Å². The fraction of sp³-hybridized carbons (Fsp3) is 0.545. The van der Waals surface area contributed by atoms with Gasteiger partial charge in [-0.05, 0) is 6.92 Å². The van der Waals surface area contributed by atoms with Crippen LogP contribution in [0.3, 0.4) is 0 Å². The van der Waals surface area contributed by atoms with Crippen LogP contribution in [0.4, 0.5) is 5.95 Å². The van der Waals surface area contributed by atoms with Crippen molar-refractivity contribution in [1.82, 2.24) is 19.5 Å². The first-order chi connectivity index (χ1) is 9.87. The molecule has 4 unspecified atom stereocenters. The van der Waals surface area contributed by atoms with Crippen molar-refractivity contribution in [1.29, 1.82) is 0 Å². The van der Waals surface area contributed by atoms with Gasteiger partial charge in [0.05, 0.1) is 12.9 Å². The van der Waals surface area contributed by atoms with E-state index in [1.165, 1.54) is 17.8 Å². The number of rotatable bonds is 2. The molecule has 2 aromatic rings. The van der Waals surface area contributed by atoms with Crippen molar-refractivity contribution < 1.29 is 20.1 Å². The zero-order valence-electron chi connectivity index (χ0n) is 11.1. The van der Waals surface area contributed by atoms with Gasteiger partial charge in [-0.25, -0.2) is 4.98 Å². The van der Waals surface area contributed by atoms with Crippen molar-refractivity contribution in [3.63, 3.8) is 0 Å². The van der Waals surface area contributed by atoms with E-state index >= 15 is 0 Å². The molecule has 1 saturated heterocycles. The number of ether oxygens (including phenoxy) is 1. The number of aliphatic hydroxyl groups is 3. The Hall–Kier alpha value is -2.01. The van der Waals surface area contributed by atoms with Crippen molar-refractivity contribution in [3.8, 4) is 0 Å². The zero-order valence-corrected chi connectivity index (χ0v) is 11.1. The summed E-state index contributed by atoms with van der Waals surface area (Å²) in [6.45, 7) is 0.985. The summed E-state index contributed by atoms with van der Waals surface area (Å²) in [6.07, 6.45) is -2.40. The average Bonchev–Trinajstić information content (AvgIpc) is 2.95. The number of aliphatic hydroxyl groups excluding tert-OH is 3. The van der Waals surface area contributed by atoms with E-state index < -0.39 is 36.2 Å². The molecule has 0 aliphatic carbocycles. The third-order valence-corrected chi connectivity index (χ3v) is 3.67. The Labute approximate surface area is 117 Å². The van der Waals surface area contributed by atoms with Gasteiger partial charge in [0.15, 0.2) is 17.4 Å². The molecule has 21 heavy (non-hydrogen) atoms. The van der Waals surface area contributed by atoms with Crippen LogP contribution in [-0.4, -0.2) is 59.3 Å². The molecule has 114 valence electrons. The van der Waals surface area contributed by atoms with Crippen LogP contribution in [-0.2, 0) is 4.74 Å². The summed E-state index contributed by atoms with van der Waals surface area (Å²) in [5.41, 5.74) is 3.80. The summed E-state index contributed by atoms with van der Waals surface area (Å²) in [7, 11) is 0. The van der Waals surface area contributed by atoms with Gasteiger partial charge in [0.25, 0.3) is 5.56 Å². The van der Waals surface area contributed by atoms with Crippen molar-refractivity contribution >= 4 is 17.1 Å². The summed E-state index contributed by atoms with van der Waals surface area (Å²) in [5.74, 6) is -0.104. The minimum atomic E-state index is -1.33. The van der Waals surface area contributed by atoms with Crippen LogP contribution >= 0.6 is 0 Å². The Balaban J connectivity index is 2.12. The van der Waals surface area contributed by atoms with E-state index in [2.05, 4.69) is 15.0 Å². The molecule has 6 N–H and O–H groups in total. The van der Waals surface area contributed by atoms with E-state index in [4.69, 9.17) is 10.5 Å². The Bertz CT molecular complexity index is 742. The van der Waals surface area contributed by atoms with Gasteiger partial charge in [0.2, 0.25) is 5.95 Å². The molecule has 3 heterocycles. The number of anilines is 1. The first kappa shape index (κ1) is 13.9. The summed E-state index contributed by atoms with van der Waals surface area (Å²) in [4.78, 5) is 21.9. The van der Waals surface area contributed by atoms with Crippen molar-refractivity contribution in [2.24, 2.45) is 0 Å². The van der Waals surface area contributed by atoms with Gasteiger partial charge in [0, 0.05) is 0 Å². The van der Waals surface area contributed by atoms with Crippen molar-refractivity contribution in [2.45, 2.75) is 31.0 Å². The summed E-state index contributed by atoms with van der Waals surface area (Å²) < 4.78 is 6.84. The van der Waals surface area contributed by atoms with Crippen LogP contribution in [0, 0.1) is 0 Å². The van der Waals surface area contributed by atoms with Gasteiger partial charge in [-0.2, -0.15) is 4.98 Å². The van der Waals surface area contributed by atoms with Gasteiger partial charge in [-0.3, -0.25) is 14.3 Å². The molecule has 4 atom stereocenters. The number of fused-ring (bicyclic) bond motifs is 1. The third-order valence-electron chi connectivity index (χ3n) is 3.67. The van der Waals surface area contributed by atoms with Crippen molar-refractivity contribution in [3.05, 3.63) is 16.7 Å². The molecule has 0 radical (unpaired) electrons. The Morgan fingerprint density at radius 3 is 2.90 bits per heavy atom. The number of H-pyrrole nitrogens is 1. The van der Waals surface area contributed by atoms with Gasteiger partial charge in [-0.1, -0.05) is 0 Å². The highest BCUT2D eigenvalue weighted by Crippen LogP contribution is 2.37. The van der Waals surface area contributed by atoms with Gasteiger partial charge in [-0.15, -0.1) is 0 Å². The Morgan fingerprint density at radius 2 is 2.29 bits per heavy atom. The van der Waals surface area contributed by atoms with Crippen LogP contribution in [0.2, 0.25) is 0 Å². The number of nitrogens with zero attached hydrogens (tertiary/aromatic N) is 3. The molecule has 2 aromatic heterocycles. The van der Waals surface area contributed by atoms with Gasteiger partial charge < -0.3 is 25.8 Å². The molecule has 0 amide bonds. The quantitative estimate of drug-likeness (QED) is 0.414. The lowest BCUT2D eigenvalue weighted by atomic mass is 9.99. The van der Waals surface area contributed by atoms with E-state index in [9.17, 15) is 20.1 Å². The summed E-state index contributed by atoms with van der Waals surface area (Å²) >= 11 is 0. The van der Waals surface area contributed by atoms with Gasteiger partial charge in [0.1, 0.15) is 17.8 Å². The smallest absolute Gasteiger partial charge is 0.280 e. The van der Waals surface area contributed by atoms with Crippen LogP contribution in [0.15, 0.2) is 11.1 Å². The maximum atomic E-state index is 11.7. The summed E-state index contributed by atoms with van der Waals surface area (Å²) in [6, 6.07) is 0. The minimum Gasteiger partial charge on any atom is -0.393 e. The molecule has 1 aliphatic rings. The lowest BCUT2D eigenvalue weighted by Gasteiger charge is -2.24. The molecule has 1 aliphatic heterocycles. The normalized spacial score (nSPS) is 32.9. The average molecular weight is 297 g/mol. The molecule has 0 spiro atoms. The van der Waals surface area contributed by atoms with E-state index in [1.807, 2.05) is 0 Å². The molecule has 0 aromatic carbocycles. The second-order valence-electron chi connectivity index (χ2n) is 5.19. The Morgan fingerprint density at radius 1 is 1.57 bits per heavy atom. The monoisotopic (exact) mass is 297 g/mol. The first-order valence-electron chi connectivity index (χ1n) is 6.24. The fourth-order valence-corrected chi connectivity index (χ4v) is 2.41. The third kappa shape index (κ3) is 1.92. The number of aromatic amines is 1. The van der Waals surface area contributed by atoms with E-state index in [0.717, 1.165) is 0 Å². The molecular weight excluding hydrogens is 282 g/mol. The number of imidazole rings is 1. The molecule has 1 fully saturated rings. The lowest BCUT2D eigenvalue weighted by Crippen LogP contribution is -2.43. The predicted molar refractivity (Wildman–Crippen MR) is 70.2 cm³/mol. The second-order valence-corrected chi connectivity index (χ2v) is 5.19. The van der Waals surface area contributed by atoms with E-state index in [1.54, 1.807) is 0 Å². The predicted octanol–water partition coefficient (Wildman–Crippen LogP) is -2.30. The number of hydrogen-bond donors (Lipinski definition) is 5. The van der Waals surface area contributed by atoms with E-state index in [0.29, 0.717) is 0 Å². The van der Waals surface area contributed by atoms with Gasteiger partial charge >= 0.3 is 0 Å². The highest BCUT2D eigenvalue weighted by molar-refractivity contribution is 5.70. The standard InChI is InChI=1S/C11H15N5O5/c1-11(2-17)6(19)5(18)9(21-11)16-3-13-4-7(16)14-10(12)15-8(4)20/h3,5-6,9,17-19H,2H2,1H3,(H3,12,14,15,20). The summed E-state index contributed by atoms with van der Waals surface area (Å²) in [5, 5.41) is 29.4. The first-order valence-corrected chi connectivity index (χ1v) is 6.24. The molecule has 10 nitrogen and oxygen atoms in total. The minimum absolute atomic E-state index is 0.0343. The maximum Gasteiger partial charge on any atom is 0.280 e. The number of nitrogens with two attached hydrogens (primary N) is 1. The molecule has 0 saturated carbocycles. The molecule has 0 bridgehead atoms. The number of aromatic nitrogens is 4. The lowest BCUT2D eigenvalue weighted by molar-refractivity contribution is -0.115. The highest BCUT2D eigenvalue weighted by atomic mass is 16.6. The zero-order chi connectivity index (χ0) is 15.4. The van der Waals surface area contributed by atoms with E-state index in [-0.39, 0.29) is 17.1 Å². The topological polar surface area (TPSA) is 160 Å². The number of hydrogen-bond acceptors (Lipinski definition) is 8. The highest BCUT2D eigenvalue weighted by Gasteiger charge is 2.52. The largest absolute Gasteiger partial charge is 0.393 e. The Kier molecular flexibility index (Phi) is 2.99. The molecule has 10 heteroatoms. The molecular formula is C11H15N5O5. The van der Waals surface area contributed by atoms with Crippen LogP contribution in [0.25, 0.3) is 11.2 Å². The van der Waals surface area contributed by atoms with Crippen LogP contribution in [0.1, 0.15) is 13.2 Å². The molecule has 3 rings (SSSR count). The number of nitrogen functional groups attached to an aromatic ring is 1. The van der Waals surface area contributed by atoms with Crippen LogP contribution < -0.4 is 11.3 Å². The SMILES string of the molecule is CC1(CO)OC(n2cnc3c(=O)[nH]c(N)nc32)C(O)C1O. The van der Waals surface area contributed by atoms with Crippen molar-refractivity contribution in [2.75, 3.05) is 12.3 Å².